The molecule has 67 heavy (non-hydrogen) atoms. The number of carbonyl (C=O) groups excluding carboxylic acids is 4. The Bertz CT molecular complexity index is 2530. The second-order valence-electron chi connectivity index (χ2n) is 18.4. The summed E-state index contributed by atoms with van der Waals surface area (Å²) in [5, 5.41) is 33.7. The van der Waals surface area contributed by atoms with Crippen molar-refractivity contribution in [2.45, 2.75) is 117 Å². The lowest BCUT2D eigenvalue weighted by molar-refractivity contribution is -0.144. The van der Waals surface area contributed by atoms with Crippen molar-refractivity contribution in [1.82, 2.24) is 35.6 Å². The fourth-order valence-electron chi connectivity index (χ4n) is 8.11. The first-order chi connectivity index (χ1) is 32.0. The van der Waals surface area contributed by atoms with E-state index < -0.39 is 35.4 Å². The van der Waals surface area contributed by atoms with Crippen LogP contribution in [0.1, 0.15) is 106 Å². The molecule has 3 aromatic carbocycles. The number of nitriles is 1. The largest absolute Gasteiger partial charge is 0.391 e. The van der Waals surface area contributed by atoms with Gasteiger partial charge in [0.2, 0.25) is 17.7 Å². The van der Waals surface area contributed by atoms with Crippen molar-refractivity contribution in [2.24, 2.45) is 5.41 Å². The monoisotopic (exact) mass is 948 g/mol. The number of β-amino-alcohol motifs (C(OH)–C–C–N with tert-alkyl or cyclic N) is 1. The summed E-state index contributed by atoms with van der Waals surface area (Å²) in [4.78, 5) is 60.6. The Morgan fingerprint density at radius 1 is 0.955 bits per heavy atom. The second kappa shape index (κ2) is 23.2. The van der Waals surface area contributed by atoms with Crippen LogP contribution in [0, 0.1) is 23.7 Å². The summed E-state index contributed by atoms with van der Waals surface area (Å²) in [6, 6.07) is 22.4. The Balaban J connectivity index is 0.870. The number of aryl methyl sites for hydroxylation is 2. The molecule has 1 saturated heterocycles. The number of nitrogens with one attached hydrogen (secondary N) is 3. The standard InChI is InChI=1S/C51H61ClN8O6S/c1-32(28-59-23-22-43(58-59)39-20-21-40(27-53)42(52)25-39)55-48(63)38-14-12-35(13-15-38)11-9-7-8-10-24-66-30-45(62)57-47(51(4,5)6)50(65)60-29-41(61)26-44(60)49(64)56-33(2)36-16-18-37(19-17-36)46-34(3)54-31-67-46/h12-23,25,31-33,41,44,47,61H,7-11,24,26,28-30H2,1-6H3,(H,55,63)(H,56,64)(H,57,62)/t32?,33-,41+,44?,47+/m0/s1. The molecular formula is C51H61ClN8O6S. The minimum absolute atomic E-state index is 0.00817. The summed E-state index contributed by atoms with van der Waals surface area (Å²) in [7, 11) is 0. The Hall–Kier alpha value is -5.92. The van der Waals surface area contributed by atoms with Gasteiger partial charge in [0.25, 0.3) is 5.91 Å². The maximum absolute atomic E-state index is 14.0. The molecular weight excluding hydrogens is 888 g/mol. The number of hydrogen-bond donors (Lipinski definition) is 4. The SMILES string of the molecule is Cc1ncsc1-c1ccc([C@H](C)NC(=O)C2C[C@@H](O)CN2C(=O)[C@@H](NC(=O)COCCCCCCc2ccc(C(=O)NC(C)Cn3ccc(-c4ccc(C#N)c(Cl)c4)n3)cc2)C(C)(C)C)cc1. The lowest BCUT2D eigenvalue weighted by atomic mass is 9.85. The fourth-order valence-corrected chi connectivity index (χ4v) is 9.14. The van der Waals surface area contributed by atoms with Crippen molar-refractivity contribution < 1.29 is 29.0 Å². The molecule has 14 nitrogen and oxygen atoms in total. The molecule has 5 atom stereocenters. The number of unbranched alkanes of at least 4 members (excludes halogenated alkanes) is 3. The number of benzene rings is 3. The second-order valence-corrected chi connectivity index (χ2v) is 19.7. The van der Waals surface area contributed by atoms with Crippen LogP contribution in [0.3, 0.4) is 0 Å². The van der Waals surface area contributed by atoms with E-state index in [2.05, 4.69) is 32.1 Å². The summed E-state index contributed by atoms with van der Waals surface area (Å²) in [5.41, 5.74) is 7.71. The van der Waals surface area contributed by atoms with Crippen molar-refractivity contribution in [3.05, 3.63) is 117 Å². The molecule has 1 aliphatic heterocycles. The van der Waals surface area contributed by atoms with Crippen molar-refractivity contribution in [1.29, 1.82) is 5.26 Å². The van der Waals surface area contributed by atoms with Crippen molar-refractivity contribution in [3.8, 4) is 27.8 Å². The Kier molecular flexibility index (Phi) is 17.5. The first-order valence-corrected chi connectivity index (χ1v) is 24.1. The number of aromatic nitrogens is 3. The van der Waals surface area contributed by atoms with E-state index in [9.17, 15) is 24.3 Å². The number of aliphatic hydroxyl groups is 1. The van der Waals surface area contributed by atoms with Crippen molar-refractivity contribution >= 4 is 46.6 Å². The molecule has 3 heterocycles. The molecule has 5 aromatic rings. The lowest BCUT2D eigenvalue weighted by Gasteiger charge is -2.35. The van der Waals surface area contributed by atoms with Gasteiger partial charge < -0.3 is 30.7 Å². The van der Waals surface area contributed by atoms with Crippen molar-refractivity contribution in [3.63, 3.8) is 0 Å². The highest BCUT2D eigenvalue weighted by Crippen LogP contribution is 2.30. The van der Waals surface area contributed by atoms with Crippen LogP contribution in [0.5, 0.6) is 0 Å². The number of aliphatic hydroxyl groups excluding tert-OH is 1. The molecule has 0 bridgehead atoms. The van der Waals surface area contributed by atoms with Crippen molar-refractivity contribution in [2.75, 3.05) is 19.8 Å². The van der Waals surface area contributed by atoms with E-state index in [0.29, 0.717) is 29.3 Å². The third-order valence-corrected chi connectivity index (χ3v) is 13.2. The molecule has 0 aliphatic carbocycles. The number of rotatable bonds is 20. The van der Waals surface area contributed by atoms with Gasteiger partial charge in [-0.05, 0) is 92.5 Å². The van der Waals surface area contributed by atoms with Crippen LogP contribution in [0.25, 0.3) is 21.7 Å². The zero-order chi connectivity index (χ0) is 48.3. The average molecular weight is 950 g/mol. The maximum atomic E-state index is 14.0. The highest BCUT2D eigenvalue weighted by Gasteiger charge is 2.44. The minimum atomic E-state index is -0.943. The van der Waals surface area contributed by atoms with Gasteiger partial charge in [-0.3, -0.25) is 23.9 Å². The average Bonchev–Trinajstić information content (AvgIpc) is 4.06. The molecule has 16 heteroatoms. The first kappa shape index (κ1) is 50.5. The van der Waals surface area contributed by atoms with E-state index in [-0.39, 0.29) is 43.5 Å². The van der Waals surface area contributed by atoms with Crippen LogP contribution in [-0.4, -0.2) is 92.4 Å². The van der Waals surface area contributed by atoms with E-state index in [1.54, 1.807) is 28.2 Å². The Morgan fingerprint density at radius 2 is 1.67 bits per heavy atom. The number of hydrogen-bond acceptors (Lipinski definition) is 10. The molecule has 0 spiro atoms. The third-order valence-electron chi connectivity index (χ3n) is 11.9. The molecule has 354 valence electrons. The molecule has 2 unspecified atom stereocenters. The zero-order valence-corrected chi connectivity index (χ0v) is 40.6. The van der Waals surface area contributed by atoms with Gasteiger partial charge in [-0.1, -0.05) is 87.7 Å². The van der Waals surface area contributed by atoms with Gasteiger partial charge in [0.05, 0.1) is 51.1 Å². The number of amides is 4. The predicted molar refractivity (Wildman–Crippen MR) is 260 cm³/mol. The molecule has 4 amide bonds. The van der Waals surface area contributed by atoms with E-state index in [4.69, 9.17) is 21.6 Å². The molecule has 0 saturated carbocycles. The minimum Gasteiger partial charge on any atom is -0.391 e. The van der Waals surface area contributed by atoms with Gasteiger partial charge in [0, 0.05) is 42.9 Å². The van der Waals surface area contributed by atoms with E-state index in [1.165, 1.54) is 4.90 Å². The van der Waals surface area contributed by atoms with E-state index >= 15 is 0 Å². The topological polar surface area (TPSA) is 192 Å². The number of thiazole rings is 1. The van der Waals surface area contributed by atoms with E-state index in [1.807, 2.05) is 114 Å². The normalized spacial score (nSPS) is 16.2. The summed E-state index contributed by atoms with van der Waals surface area (Å²) in [6.45, 7) is 12.0. The molecule has 1 aliphatic rings. The van der Waals surface area contributed by atoms with Gasteiger partial charge in [-0.2, -0.15) is 10.4 Å². The summed E-state index contributed by atoms with van der Waals surface area (Å²) in [6.07, 6.45) is 5.56. The number of ether oxygens (including phenoxy) is 1. The predicted octanol–water partition coefficient (Wildman–Crippen LogP) is 7.82. The highest BCUT2D eigenvalue weighted by atomic mass is 35.5. The van der Waals surface area contributed by atoms with Crippen LogP contribution in [-0.2, 0) is 32.1 Å². The van der Waals surface area contributed by atoms with Gasteiger partial charge in [0.1, 0.15) is 24.8 Å². The van der Waals surface area contributed by atoms with Gasteiger partial charge in [-0.25, -0.2) is 4.98 Å². The summed E-state index contributed by atoms with van der Waals surface area (Å²) in [5.74, 6) is -1.37. The molecule has 0 radical (unpaired) electrons. The van der Waals surface area contributed by atoms with E-state index in [0.717, 1.165) is 70.6 Å². The maximum Gasteiger partial charge on any atom is 0.251 e. The fraction of sp³-hybridized carbons (Fsp3) is 0.431. The van der Waals surface area contributed by atoms with Crippen LogP contribution in [0.15, 0.2) is 84.5 Å². The Labute approximate surface area is 402 Å². The smallest absolute Gasteiger partial charge is 0.251 e. The third kappa shape index (κ3) is 13.8. The van der Waals surface area contributed by atoms with Crippen LogP contribution >= 0.6 is 22.9 Å². The van der Waals surface area contributed by atoms with Gasteiger partial charge in [-0.15, -0.1) is 11.3 Å². The molecule has 4 N–H and O–H groups in total. The van der Waals surface area contributed by atoms with Crippen LogP contribution < -0.4 is 16.0 Å². The van der Waals surface area contributed by atoms with Crippen LogP contribution in [0.2, 0.25) is 5.02 Å². The number of halogens is 1. The number of carbonyl (C=O) groups is 4. The summed E-state index contributed by atoms with van der Waals surface area (Å²) >= 11 is 7.77. The van der Waals surface area contributed by atoms with Crippen LogP contribution in [0.4, 0.5) is 0 Å². The molecule has 6 rings (SSSR count). The quantitative estimate of drug-likeness (QED) is 0.0564. The summed E-state index contributed by atoms with van der Waals surface area (Å²) < 4.78 is 7.47. The lowest BCUT2D eigenvalue weighted by Crippen LogP contribution is -2.58. The molecule has 2 aromatic heterocycles. The number of nitrogens with zero attached hydrogens (tertiary/aromatic N) is 5. The van der Waals surface area contributed by atoms with Gasteiger partial charge in [0.15, 0.2) is 0 Å². The highest BCUT2D eigenvalue weighted by molar-refractivity contribution is 7.13. The zero-order valence-electron chi connectivity index (χ0n) is 39.1. The Morgan fingerprint density at radius 3 is 2.34 bits per heavy atom. The number of likely N-dealkylation sites (tertiary alicyclic amines) is 1. The van der Waals surface area contributed by atoms with Gasteiger partial charge >= 0.3 is 0 Å². The molecule has 1 fully saturated rings. The first-order valence-electron chi connectivity index (χ1n) is 22.8.